The summed E-state index contributed by atoms with van der Waals surface area (Å²) in [6.07, 6.45) is 18.7. The minimum atomic E-state index is 0.191. The van der Waals surface area contributed by atoms with Gasteiger partial charge in [-0.05, 0) is 25.3 Å². The number of carbonyl (C=O) groups excluding carboxylic acids is 1. The molecule has 0 radical (unpaired) electrons. The van der Waals surface area contributed by atoms with Gasteiger partial charge < -0.3 is 9.47 Å². The van der Waals surface area contributed by atoms with Gasteiger partial charge in [0.25, 0.3) is 0 Å². The van der Waals surface area contributed by atoms with E-state index >= 15 is 0 Å². The van der Waals surface area contributed by atoms with E-state index in [1.165, 1.54) is 64.2 Å². The van der Waals surface area contributed by atoms with Crippen molar-refractivity contribution >= 4 is 6.29 Å². The smallest absolute Gasteiger partial charge is 0.189 e. The van der Waals surface area contributed by atoms with Crippen molar-refractivity contribution in [2.45, 2.75) is 97.3 Å². The van der Waals surface area contributed by atoms with Crippen LogP contribution in [0.1, 0.15) is 97.3 Å². The zero-order chi connectivity index (χ0) is 17.0. The Kier molecular flexibility index (Phi) is 18.5. The SMILES string of the molecule is CCCCCCC=C(C=O)OCOCCCCCCCCCC. The molecule has 23 heavy (non-hydrogen) atoms. The molecule has 3 heteroatoms. The predicted octanol–water partition coefficient (Wildman–Crippen LogP) is 6.17. The summed E-state index contributed by atoms with van der Waals surface area (Å²) in [6.45, 7) is 5.35. The first-order valence-corrected chi connectivity index (χ1v) is 9.71. The zero-order valence-electron chi connectivity index (χ0n) is 15.5. The van der Waals surface area contributed by atoms with E-state index in [0.717, 1.165) is 32.2 Å². The monoisotopic (exact) mass is 326 g/mol. The van der Waals surface area contributed by atoms with Gasteiger partial charge in [0.15, 0.2) is 18.8 Å². The fraction of sp³-hybridized carbons (Fsp3) is 0.850. The molecule has 0 N–H and O–H groups in total. The Balaban J connectivity index is 3.36. The third kappa shape index (κ3) is 17.4. The van der Waals surface area contributed by atoms with Gasteiger partial charge in [-0.3, -0.25) is 4.79 Å². The van der Waals surface area contributed by atoms with E-state index in [-0.39, 0.29) is 6.79 Å². The van der Waals surface area contributed by atoms with Crippen molar-refractivity contribution in [3.63, 3.8) is 0 Å². The quantitative estimate of drug-likeness (QED) is 0.0993. The van der Waals surface area contributed by atoms with Crippen LogP contribution in [0.15, 0.2) is 11.8 Å². The Morgan fingerprint density at radius 1 is 0.783 bits per heavy atom. The van der Waals surface area contributed by atoms with Crippen molar-refractivity contribution in [2.75, 3.05) is 13.4 Å². The lowest BCUT2D eigenvalue weighted by molar-refractivity contribution is -0.111. The van der Waals surface area contributed by atoms with Crippen molar-refractivity contribution < 1.29 is 14.3 Å². The molecule has 0 unspecified atom stereocenters. The Morgan fingerprint density at radius 3 is 1.96 bits per heavy atom. The van der Waals surface area contributed by atoms with Crippen LogP contribution in [0.25, 0.3) is 0 Å². The summed E-state index contributed by atoms with van der Waals surface area (Å²) in [5, 5.41) is 0. The summed E-state index contributed by atoms with van der Waals surface area (Å²) in [4.78, 5) is 10.9. The molecular weight excluding hydrogens is 288 g/mol. The second-order valence-electron chi connectivity index (χ2n) is 6.22. The Labute approximate surface area is 143 Å². The second-order valence-corrected chi connectivity index (χ2v) is 6.22. The third-order valence-electron chi connectivity index (χ3n) is 3.97. The van der Waals surface area contributed by atoms with E-state index in [1.54, 1.807) is 0 Å². The van der Waals surface area contributed by atoms with Crippen LogP contribution in [-0.2, 0) is 14.3 Å². The van der Waals surface area contributed by atoms with E-state index in [9.17, 15) is 4.79 Å². The molecule has 0 aliphatic rings. The second kappa shape index (κ2) is 19.2. The number of rotatable bonds is 18. The van der Waals surface area contributed by atoms with Gasteiger partial charge in [0.1, 0.15) is 0 Å². The molecule has 0 saturated heterocycles. The molecule has 0 amide bonds. The molecule has 0 aromatic rings. The first kappa shape index (κ1) is 22.2. The fourth-order valence-corrected chi connectivity index (χ4v) is 2.46. The highest BCUT2D eigenvalue weighted by molar-refractivity contribution is 5.69. The number of carbonyl (C=O) groups is 1. The van der Waals surface area contributed by atoms with Gasteiger partial charge in [-0.2, -0.15) is 0 Å². The van der Waals surface area contributed by atoms with Crippen LogP contribution in [0.3, 0.4) is 0 Å². The molecule has 136 valence electrons. The number of unbranched alkanes of at least 4 members (excludes halogenated alkanes) is 11. The van der Waals surface area contributed by atoms with E-state index in [2.05, 4.69) is 13.8 Å². The zero-order valence-corrected chi connectivity index (χ0v) is 15.5. The van der Waals surface area contributed by atoms with Crippen LogP contribution in [0.5, 0.6) is 0 Å². The minimum absolute atomic E-state index is 0.191. The average molecular weight is 327 g/mol. The normalized spacial score (nSPS) is 11.7. The molecule has 0 aliphatic heterocycles. The van der Waals surface area contributed by atoms with Crippen molar-refractivity contribution in [2.24, 2.45) is 0 Å². The van der Waals surface area contributed by atoms with E-state index < -0.39 is 0 Å². The number of allylic oxidation sites excluding steroid dienone is 2. The summed E-state index contributed by atoms with van der Waals surface area (Å²) in [5.41, 5.74) is 0. The lowest BCUT2D eigenvalue weighted by atomic mass is 10.1. The molecule has 0 heterocycles. The lowest BCUT2D eigenvalue weighted by Gasteiger charge is -2.07. The van der Waals surface area contributed by atoms with Gasteiger partial charge in [-0.15, -0.1) is 0 Å². The van der Waals surface area contributed by atoms with Crippen LogP contribution in [0.4, 0.5) is 0 Å². The molecule has 0 atom stereocenters. The summed E-state index contributed by atoms with van der Waals surface area (Å²) in [7, 11) is 0. The highest BCUT2D eigenvalue weighted by Gasteiger charge is 1.97. The Bertz CT molecular complexity index is 274. The molecule has 0 aromatic heterocycles. The van der Waals surface area contributed by atoms with Crippen LogP contribution in [0, 0.1) is 0 Å². The molecule has 0 spiro atoms. The summed E-state index contributed by atoms with van der Waals surface area (Å²) in [5.74, 6) is 0.414. The Hall–Kier alpha value is -0.830. The van der Waals surface area contributed by atoms with Gasteiger partial charge in [-0.1, -0.05) is 78.1 Å². The number of aldehydes is 1. The first-order chi connectivity index (χ1) is 11.3. The lowest BCUT2D eigenvalue weighted by Crippen LogP contribution is -2.02. The van der Waals surface area contributed by atoms with Gasteiger partial charge in [0.2, 0.25) is 0 Å². The summed E-state index contributed by atoms with van der Waals surface area (Å²) in [6, 6.07) is 0. The molecular formula is C20H38O3. The van der Waals surface area contributed by atoms with Crippen LogP contribution >= 0.6 is 0 Å². The highest BCUT2D eigenvalue weighted by atomic mass is 16.7. The molecule has 0 fully saturated rings. The van der Waals surface area contributed by atoms with Gasteiger partial charge in [0, 0.05) is 0 Å². The van der Waals surface area contributed by atoms with Gasteiger partial charge in [-0.25, -0.2) is 0 Å². The standard InChI is InChI=1S/C20H38O3/c1-3-5-7-9-10-11-13-15-17-22-19-23-20(18-21)16-14-12-8-6-4-2/h16,18H,3-15,17,19H2,1-2H3. The summed E-state index contributed by atoms with van der Waals surface area (Å²) < 4.78 is 10.8. The Morgan fingerprint density at radius 2 is 1.35 bits per heavy atom. The maximum atomic E-state index is 10.9. The highest BCUT2D eigenvalue weighted by Crippen LogP contribution is 2.09. The molecule has 0 aromatic carbocycles. The largest absolute Gasteiger partial charge is 0.464 e. The van der Waals surface area contributed by atoms with E-state index in [1.807, 2.05) is 6.08 Å². The molecule has 0 saturated carbocycles. The van der Waals surface area contributed by atoms with Crippen LogP contribution in [0.2, 0.25) is 0 Å². The average Bonchev–Trinajstić information content (AvgIpc) is 2.57. The molecule has 0 bridgehead atoms. The topological polar surface area (TPSA) is 35.5 Å². The van der Waals surface area contributed by atoms with E-state index in [0.29, 0.717) is 5.76 Å². The number of hydrogen-bond acceptors (Lipinski definition) is 3. The maximum absolute atomic E-state index is 10.9. The minimum Gasteiger partial charge on any atom is -0.464 e. The third-order valence-corrected chi connectivity index (χ3v) is 3.97. The van der Waals surface area contributed by atoms with Gasteiger partial charge in [0.05, 0.1) is 6.61 Å². The summed E-state index contributed by atoms with van der Waals surface area (Å²) >= 11 is 0. The maximum Gasteiger partial charge on any atom is 0.189 e. The number of hydrogen-bond donors (Lipinski definition) is 0. The predicted molar refractivity (Wildman–Crippen MR) is 97.4 cm³/mol. The number of ether oxygens (including phenoxy) is 2. The van der Waals surface area contributed by atoms with Crippen molar-refractivity contribution in [1.29, 1.82) is 0 Å². The van der Waals surface area contributed by atoms with Gasteiger partial charge >= 0.3 is 0 Å². The van der Waals surface area contributed by atoms with Crippen molar-refractivity contribution in [1.82, 2.24) is 0 Å². The van der Waals surface area contributed by atoms with Crippen molar-refractivity contribution in [3.8, 4) is 0 Å². The van der Waals surface area contributed by atoms with Crippen LogP contribution < -0.4 is 0 Å². The van der Waals surface area contributed by atoms with Crippen molar-refractivity contribution in [3.05, 3.63) is 11.8 Å². The van der Waals surface area contributed by atoms with E-state index in [4.69, 9.17) is 9.47 Å². The van der Waals surface area contributed by atoms with Crippen LogP contribution in [-0.4, -0.2) is 19.7 Å². The first-order valence-electron chi connectivity index (χ1n) is 9.71. The molecule has 3 nitrogen and oxygen atoms in total. The molecule has 0 aliphatic carbocycles. The molecule has 0 rings (SSSR count). The fourth-order valence-electron chi connectivity index (χ4n) is 2.46.